The Morgan fingerprint density at radius 3 is 2.45 bits per heavy atom. The highest BCUT2D eigenvalue weighted by Gasteiger charge is 2.18. The van der Waals surface area contributed by atoms with Crippen molar-refractivity contribution in [2.75, 3.05) is 11.4 Å². The molecular formula is C16H16BrNO2. The highest BCUT2D eigenvalue weighted by atomic mass is 79.9. The first-order valence-corrected chi connectivity index (χ1v) is 7.19. The number of aryl methyl sites for hydroxylation is 1. The van der Waals surface area contributed by atoms with Gasteiger partial charge in [-0.05, 0) is 55.8 Å². The van der Waals surface area contributed by atoms with Crippen LogP contribution in [-0.2, 0) is 0 Å². The molecule has 0 heterocycles. The molecule has 1 amide bonds. The number of amides is 1. The highest BCUT2D eigenvalue weighted by Crippen LogP contribution is 2.29. The molecule has 0 saturated carbocycles. The fraction of sp³-hybridized carbons (Fsp3) is 0.188. The van der Waals surface area contributed by atoms with Crippen molar-refractivity contribution in [2.24, 2.45) is 0 Å². The Morgan fingerprint density at radius 1 is 1.20 bits per heavy atom. The summed E-state index contributed by atoms with van der Waals surface area (Å²) in [5.41, 5.74) is 2.14. The number of phenolic OH excluding ortho intramolecular Hbond substituents is 1. The summed E-state index contributed by atoms with van der Waals surface area (Å²) in [5, 5.41) is 9.98. The zero-order chi connectivity index (χ0) is 14.7. The first-order chi connectivity index (χ1) is 9.52. The van der Waals surface area contributed by atoms with Crippen LogP contribution in [0.25, 0.3) is 0 Å². The SMILES string of the molecule is CCN(C(=O)c1ccc(Br)cc1)c1cc(C)ccc1O. The third-order valence-corrected chi connectivity index (χ3v) is 3.60. The summed E-state index contributed by atoms with van der Waals surface area (Å²) in [6, 6.07) is 12.4. The van der Waals surface area contributed by atoms with Gasteiger partial charge in [-0.15, -0.1) is 0 Å². The van der Waals surface area contributed by atoms with Gasteiger partial charge in [-0.1, -0.05) is 22.0 Å². The lowest BCUT2D eigenvalue weighted by Gasteiger charge is -2.22. The number of hydrogen-bond donors (Lipinski definition) is 1. The number of anilines is 1. The van der Waals surface area contributed by atoms with Crippen LogP contribution in [0.2, 0.25) is 0 Å². The number of hydrogen-bond acceptors (Lipinski definition) is 2. The average molecular weight is 334 g/mol. The zero-order valence-electron chi connectivity index (χ0n) is 11.4. The first-order valence-electron chi connectivity index (χ1n) is 6.40. The summed E-state index contributed by atoms with van der Waals surface area (Å²) in [7, 11) is 0. The van der Waals surface area contributed by atoms with E-state index >= 15 is 0 Å². The maximum Gasteiger partial charge on any atom is 0.258 e. The van der Waals surface area contributed by atoms with Crippen molar-refractivity contribution in [3.8, 4) is 5.75 Å². The fourth-order valence-electron chi connectivity index (χ4n) is 2.02. The Balaban J connectivity index is 2.39. The van der Waals surface area contributed by atoms with Gasteiger partial charge in [0, 0.05) is 16.6 Å². The summed E-state index contributed by atoms with van der Waals surface area (Å²) < 4.78 is 0.926. The van der Waals surface area contributed by atoms with Gasteiger partial charge in [0.1, 0.15) is 5.75 Å². The minimum absolute atomic E-state index is 0.114. The lowest BCUT2D eigenvalue weighted by molar-refractivity contribution is 0.0987. The van der Waals surface area contributed by atoms with Crippen molar-refractivity contribution in [2.45, 2.75) is 13.8 Å². The predicted molar refractivity (Wildman–Crippen MR) is 84.3 cm³/mol. The normalized spacial score (nSPS) is 10.3. The molecule has 0 aromatic heterocycles. The minimum Gasteiger partial charge on any atom is -0.506 e. The Kier molecular flexibility index (Phi) is 4.45. The van der Waals surface area contributed by atoms with Crippen molar-refractivity contribution < 1.29 is 9.90 Å². The second kappa shape index (κ2) is 6.09. The van der Waals surface area contributed by atoms with Crippen LogP contribution in [0.1, 0.15) is 22.8 Å². The quantitative estimate of drug-likeness (QED) is 0.917. The van der Waals surface area contributed by atoms with E-state index in [0.717, 1.165) is 10.0 Å². The Hall–Kier alpha value is -1.81. The molecule has 4 heteroatoms. The van der Waals surface area contributed by atoms with Crippen LogP contribution in [0.4, 0.5) is 5.69 Å². The summed E-state index contributed by atoms with van der Waals surface area (Å²) in [4.78, 5) is 14.1. The molecular weight excluding hydrogens is 318 g/mol. The molecule has 0 aliphatic heterocycles. The van der Waals surface area contributed by atoms with Crippen LogP contribution in [0, 0.1) is 6.92 Å². The lowest BCUT2D eigenvalue weighted by atomic mass is 10.1. The molecule has 0 spiro atoms. The van der Waals surface area contributed by atoms with Crippen molar-refractivity contribution in [1.29, 1.82) is 0 Å². The van der Waals surface area contributed by atoms with Crippen LogP contribution in [0.3, 0.4) is 0 Å². The van der Waals surface area contributed by atoms with Crippen LogP contribution in [0.5, 0.6) is 5.75 Å². The number of phenols is 1. The van der Waals surface area contributed by atoms with Crippen LogP contribution >= 0.6 is 15.9 Å². The number of benzene rings is 2. The molecule has 1 N–H and O–H groups in total. The second-order valence-electron chi connectivity index (χ2n) is 4.55. The molecule has 2 aromatic carbocycles. The molecule has 104 valence electrons. The molecule has 0 fully saturated rings. The second-order valence-corrected chi connectivity index (χ2v) is 5.46. The van der Waals surface area contributed by atoms with Crippen LogP contribution in [0.15, 0.2) is 46.9 Å². The molecule has 0 aliphatic rings. The average Bonchev–Trinajstić information content (AvgIpc) is 2.44. The number of rotatable bonds is 3. The Bertz CT molecular complexity index is 623. The smallest absolute Gasteiger partial charge is 0.258 e. The fourth-order valence-corrected chi connectivity index (χ4v) is 2.29. The number of nitrogens with zero attached hydrogens (tertiary/aromatic N) is 1. The Morgan fingerprint density at radius 2 is 1.85 bits per heavy atom. The molecule has 0 radical (unpaired) electrons. The van der Waals surface area contributed by atoms with E-state index in [1.165, 1.54) is 0 Å². The van der Waals surface area contributed by atoms with Crippen LogP contribution in [-0.4, -0.2) is 17.6 Å². The van der Waals surface area contributed by atoms with E-state index < -0.39 is 0 Å². The van der Waals surface area contributed by atoms with Gasteiger partial charge >= 0.3 is 0 Å². The number of carbonyl (C=O) groups excluding carboxylic acids is 1. The number of aromatic hydroxyl groups is 1. The molecule has 0 atom stereocenters. The van der Waals surface area contributed by atoms with Gasteiger partial charge in [-0.3, -0.25) is 4.79 Å². The number of halogens is 1. The standard InChI is InChI=1S/C16H16BrNO2/c1-3-18(14-10-11(2)4-9-15(14)19)16(20)12-5-7-13(17)8-6-12/h4-10,19H,3H2,1-2H3. The monoisotopic (exact) mass is 333 g/mol. The minimum atomic E-state index is -0.124. The third-order valence-electron chi connectivity index (χ3n) is 3.07. The topological polar surface area (TPSA) is 40.5 Å². The van der Waals surface area contributed by atoms with Gasteiger partial charge in [0.05, 0.1) is 5.69 Å². The summed E-state index contributed by atoms with van der Waals surface area (Å²) >= 11 is 3.35. The maximum absolute atomic E-state index is 12.6. The number of carbonyl (C=O) groups is 1. The summed E-state index contributed by atoms with van der Waals surface area (Å²) in [5.74, 6) is -0.0104. The van der Waals surface area contributed by atoms with Gasteiger partial charge in [0.2, 0.25) is 0 Å². The molecule has 0 saturated heterocycles. The van der Waals surface area contributed by atoms with Gasteiger partial charge in [-0.25, -0.2) is 0 Å². The van der Waals surface area contributed by atoms with E-state index in [1.54, 1.807) is 23.1 Å². The molecule has 0 unspecified atom stereocenters. The van der Waals surface area contributed by atoms with Gasteiger partial charge < -0.3 is 10.0 Å². The van der Waals surface area contributed by atoms with E-state index in [9.17, 15) is 9.90 Å². The van der Waals surface area contributed by atoms with E-state index in [1.807, 2.05) is 38.1 Å². The van der Waals surface area contributed by atoms with Crippen molar-refractivity contribution >= 4 is 27.5 Å². The zero-order valence-corrected chi connectivity index (χ0v) is 13.0. The predicted octanol–water partition coefficient (Wildman–Crippen LogP) is 4.13. The van der Waals surface area contributed by atoms with Crippen molar-refractivity contribution in [1.82, 2.24) is 0 Å². The van der Waals surface area contributed by atoms with E-state index in [-0.39, 0.29) is 11.7 Å². The molecule has 0 bridgehead atoms. The largest absolute Gasteiger partial charge is 0.506 e. The van der Waals surface area contributed by atoms with Gasteiger partial charge in [-0.2, -0.15) is 0 Å². The summed E-state index contributed by atoms with van der Waals surface area (Å²) in [6.07, 6.45) is 0. The van der Waals surface area contributed by atoms with Gasteiger partial charge in [0.15, 0.2) is 0 Å². The molecule has 2 aromatic rings. The van der Waals surface area contributed by atoms with E-state index in [0.29, 0.717) is 17.8 Å². The first kappa shape index (κ1) is 14.6. The maximum atomic E-state index is 12.6. The Labute approximate surface area is 127 Å². The highest BCUT2D eigenvalue weighted by molar-refractivity contribution is 9.10. The summed E-state index contributed by atoms with van der Waals surface area (Å²) in [6.45, 7) is 4.31. The molecule has 3 nitrogen and oxygen atoms in total. The van der Waals surface area contributed by atoms with Crippen LogP contribution < -0.4 is 4.90 Å². The van der Waals surface area contributed by atoms with Gasteiger partial charge in [0.25, 0.3) is 5.91 Å². The lowest BCUT2D eigenvalue weighted by Crippen LogP contribution is -2.30. The third kappa shape index (κ3) is 3.02. The van der Waals surface area contributed by atoms with Crippen molar-refractivity contribution in [3.63, 3.8) is 0 Å². The van der Waals surface area contributed by atoms with E-state index in [2.05, 4.69) is 15.9 Å². The molecule has 0 aliphatic carbocycles. The van der Waals surface area contributed by atoms with Crippen molar-refractivity contribution in [3.05, 3.63) is 58.1 Å². The van der Waals surface area contributed by atoms with E-state index in [4.69, 9.17) is 0 Å². The molecule has 20 heavy (non-hydrogen) atoms. The molecule has 2 rings (SSSR count).